The molecule has 0 aromatic carbocycles. The van der Waals surface area contributed by atoms with Gasteiger partial charge >= 0.3 is 0 Å². The lowest BCUT2D eigenvalue weighted by molar-refractivity contribution is -0.123. The van der Waals surface area contributed by atoms with Crippen molar-refractivity contribution in [3.8, 4) is 0 Å². The molecule has 0 fully saturated rings. The monoisotopic (exact) mass is 202 g/mol. The topological polar surface area (TPSA) is 99.7 Å². The maximum absolute atomic E-state index is 11.3. The molecule has 1 amide bonds. The van der Waals surface area contributed by atoms with Crippen molar-refractivity contribution in [2.45, 2.75) is 32.9 Å². The van der Waals surface area contributed by atoms with Gasteiger partial charge in [0, 0.05) is 6.04 Å². The standard InChI is InChI=1S/C8H18N4O2/c1-5(2)11-8(13)6(3)10-4-7(9)12-14/h5-6,10,14H,4H2,1-3H3,(H2,9,12)(H,11,13). The third-order valence-electron chi connectivity index (χ3n) is 1.54. The number of oxime groups is 1. The van der Waals surface area contributed by atoms with Gasteiger partial charge in [0.25, 0.3) is 0 Å². The Hall–Kier alpha value is -1.30. The van der Waals surface area contributed by atoms with Gasteiger partial charge in [0.1, 0.15) is 0 Å². The molecule has 0 aromatic heterocycles. The normalized spacial score (nSPS) is 14.1. The van der Waals surface area contributed by atoms with Crippen LogP contribution in [0.4, 0.5) is 0 Å². The van der Waals surface area contributed by atoms with Gasteiger partial charge in [0.15, 0.2) is 5.84 Å². The predicted octanol–water partition coefficient (Wildman–Crippen LogP) is -0.764. The van der Waals surface area contributed by atoms with Crippen LogP contribution in [0.15, 0.2) is 5.16 Å². The molecule has 0 rings (SSSR count). The van der Waals surface area contributed by atoms with Crippen LogP contribution in [0.25, 0.3) is 0 Å². The van der Waals surface area contributed by atoms with Gasteiger partial charge in [-0.3, -0.25) is 10.1 Å². The number of nitrogens with zero attached hydrogens (tertiary/aromatic N) is 1. The zero-order valence-corrected chi connectivity index (χ0v) is 8.74. The molecule has 0 aliphatic heterocycles. The molecule has 0 bridgehead atoms. The summed E-state index contributed by atoms with van der Waals surface area (Å²) in [5.74, 6) is -0.0556. The van der Waals surface area contributed by atoms with E-state index in [2.05, 4.69) is 15.8 Å². The van der Waals surface area contributed by atoms with Gasteiger partial charge in [-0.05, 0) is 20.8 Å². The first kappa shape index (κ1) is 12.7. The molecular formula is C8H18N4O2. The smallest absolute Gasteiger partial charge is 0.237 e. The van der Waals surface area contributed by atoms with Crippen molar-refractivity contribution in [2.24, 2.45) is 10.9 Å². The molecular weight excluding hydrogens is 184 g/mol. The quantitative estimate of drug-likeness (QED) is 0.204. The average Bonchev–Trinajstić information content (AvgIpc) is 2.12. The molecule has 5 N–H and O–H groups in total. The Labute approximate surface area is 83.5 Å². The highest BCUT2D eigenvalue weighted by Gasteiger charge is 2.12. The molecule has 0 heterocycles. The summed E-state index contributed by atoms with van der Waals surface area (Å²) in [6, 6.07) is -0.256. The second kappa shape index (κ2) is 6.20. The minimum atomic E-state index is -0.363. The summed E-state index contributed by atoms with van der Waals surface area (Å²) in [5.41, 5.74) is 5.23. The minimum Gasteiger partial charge on any atom is -0.409 e. The molecule has 6 nitrogen and oxygen atoms in total. The second-order valence-corrected chi connectivity index (χ2v) is 3.36. The fourth-order valence-corrected chi connectivity index (χ4v) is 0.795. The number of carbonyl (C=O) groups excluding carboxylic acids is 1. The first-order valence-electron chi connectivity index (χ1n) is 4.47. The Morgan fingerprint density at radius 3 is 2.50 bits per heavy atom. The molecule has 0 radical (unpaired) electrons. The molecule has 1 unspecified atom stereocenters. The molecule has 1 atom stereocenters. The number of hydrogen-bond donors (Lipinski definition) is 4. The number of amidine groups is 1. The fourth-order valence-electron chi connectivity index (χ4n) is 0.795. The summed E-state index contributed by atoms with van der Waals surface area (Å²) >= 11 is 0. The highest BCUT2D eigenvalue weighted by Crippen LogP contribution is 1.84. The van der Waals surface area contributed by atoms with E-state index in [1.165, 1.54) is 0 Å². The average molecular weight is 202 g/mol. The third-order valence-corrected chi connectivity index (χ3v) is 1.54. The van der Waals surface area contributed by atoms with Crippen molar-refractivity contribution in [3.63, 3.8) is 0 Å². The molecule has 0 spiro atoms. The van der Waals surface area contributed by atoms with E-state index in [0.29, 0.717) is 0 Å². The lowest BCUT2D eigenvalue weighted by atomic mass is 10.3. The Bertz CT molecular complexity index is 215. The van der Waals surface area contributed by atoms with Crippen LogP contribution >= 0.6 is 0 Å². The van der Waals surface area contributed by atoms with E-state index in [9.17, 15) is 4.79 Å². The Kier molecular flexibility index (Phi) is 5.62. The second-order valence-electron chi connectivity index (χ2n) is 3.36. The number of hydrogen-bond acceptors (Lipinski definition) is 4. The first-order valence-corrected chi connectivity index (χ1v) is 4.47. The van der Waals surface area contributed by atoms with Crippen LogP contribution in [0.5, 0.6) is 0 Å². The summed E-state index contributed by atoms with van der Waals surface area (Å²) < 4.78 is 0. The molecule has 0 saturated heterocycles. The lowest BCUT2D eigenvalue weighted by Gasteiger charge is -2.15. The van der Waals surface area contributed by atoms with E-state index in [1.807, 2.05) is 13.8 Å². The molecule has 82 valence electrons. The first-order chi connectivity index (χ1) is 6.47. The number of nitrogens with two attached hydrogens (primary N) is 1. The maximum Gasteiger partial charge on any atom is 0.237 e. The molecule has 0 aromatic rings. The van der Waals surface area contributed by atoms with E-state index in [0.717, 1.165) is 0 Å². The van der Waals surface area contributed by atoms with E-state index < -0.39 is 0 Å². The van der Waals surface area contributed by atoms with E-state index >= 15 is 0 Å². The molecule has 0 aliphatic carbocycles. The van der Waals surface area contributed by atoms with Gasteiger partial charge in [-0.1, -0.05) is 5.16 Å². The SMILES string of the molecule is CC(C)NC(=O)C(C)NCC(N)=NO. The predicted molar refractivity (Wildman–Crippen MR) is 54.2 cm³/mol. The van der Waals surface area contributed by atoms with Crippen LogP contribution in [0.2, 0.25) is 0 Å². The van der Waals surface area contributed by atoms with Gasteiger partial charge in [-0.25, -0.2) is 0 Å². The summed E-state index contributed by atoms with van der Waals surface area (Å²) in [4.78, 5) is 11.3. The Morgan fingerprint density at radius 1 is 1.50 bits per heavy atom. The largest absolute Gasteiger partial charge is 0.409 e. The van der Waals surface area contributed by atoms with Crippen molar-refractivity contribution in [1.82, 2.24) is 10.6 Å². The van der Waals surface area contributed by atoms with E-state index in [4.69, 9.17) is 10.9 Å². The van der Waals surface area contributed by atoms with Crippen molar-refractivity contribution in [1.29, 1.82) is 0 Å². The van der Waals surface area contributed by atoms with Crippen molar-refractivity contribution in [2.75, 3.05) is 6.54 Å². The number of carbonyl (C=O) groups is 1. The molecule has 14 heavy (non-hydrogen) atoms. The minimum absolute atomic E-state index is 0.0502. The fraction of sp³-hybridized carbons (Fsp3) is 0.750. The van der Waals surface area contributed by atoms with Crippen molar-refractivity contribution in [3.05, 3.63) is 0 Å². The van der Waals surface area contributed by atoms with E-state index in [1.54, 1.807) is 6.92 Å². The highest BCUT2D eigenvalue weighted by molar-refractivity contribution is 5.84. The summed E-state index contributed by atoms with van der Waals surface area (Å²) in [6.07, 6.45) is 0. The van der Waals surface area contributed by atoms with Crippen LogP contribution in [-0.2, 0) is 4.79 Å². The Balaban J connectivity index is 3.84. The van der Waals surface area contributed by atoms with Crippen molar-refractivity contribution >= 4 is 11.7 Å². The summed E-state index contributed by atoms with van der Waals surface area (Å²) in [5, 5.41) is 16.6. The van der Waals surface area contributed by atoms with Crippen LogP contribution in [0, 0.1) is 0 Å². The number of amides is 1. The van der Waals surface area contributed by atoms with Gasteiger partial charge in [0.05, 0.1) is 12.6 Å². The van der Waals surface area contributed by atoms with Crippen LogP contribution in [0.1, 0.15) is 20.8 Å². The maximum atomic E-state index is 11.3. The van der Waals surface area contributed by atoms with Gasteiger partial charge in [0.2, 0.25) is 5.91 Å². The van der Waals surface area contributed by atoms with Crippen LogP contribution in [-0.4, -0.2) is 35.6 Å². The van der Waals surface area contributed by atoms with Crippen molar-refractivity contribution < 1.29 is 10.0 Å². The van der Waals surface area contributed by atoms with Crippen LogP contribution in [0.3, 0.4) is 0 Å². The number of nitrogens with one attached hydrogen (secondary N) is 2. The zero-order valence-electron chi connectivity index (χ0n) is 8.74. The molecule has 0 saturated carbocycles. The van der Waals surface area contributed by atoms with Gasteiger partial charge in [-0.2, -0.15) is 0 Å². The summed E-state index contributed by atoms with van der Waals surface area (Å²) in [7, 11) is 0. The third kappa shape index (κ3) is 5.36. The zero-order chi connectivity index (χ0) is 11.1. The molecule has 0 aliphatic rings. The Morgan fingerprint density at radius 2 is 2.07 bits per heavy atom. The van der Waals surface area contributed by atoms with Gasteiger partial charge < -0.3 is 16.3 Å². The highest BCUT2D eigenvalue weighted by atomic mass is 16.4. The van der Waals surface area contributed by atoms with E-state index in [-0.39, 0.29) is 30.4 Å². The summed E-state index contributed by atoms with van der Waals surface area (Å²) in [6.45, 7) is 5.66. The lowest BCUT2D eigenvalue weighted by Crippen LogP contribution is -2.46. The van der Waals surface area contributed by atoms with Crippen LogP contribution < -0.4 is 16.4 Å². The molecule has 6 heteroatoms. The number of rotatable bonds is 5. The van der Waals surface area contributed by atoms with Gasteiger partial charge in [-0.15, -0.1) is 0 Å².